The Bertz CT molecular complexity index is 814. The number of furan rings is 1. The van der Waals surface area contributed by atoms with Crippen molar-refractivity contribution in [1.29, 1.82) is 0 Å². The van der Waals surface area contributed by atoms with Crippen LogP contribution in [0.5, 0.6) is 0 Å². The average molecular weight is 373 g/mol. The van der Waals surface area contributed by atoms with Crippen molar-refractivity contribution in [2.24, 2.45) is 0 Å². The highest BCUT2D eigenvalue weighted by Crippen LogP contribution is 2.43. The van der Waals surface area contributed by atoms with Gasteiger partial charge >= 0.3 is 0 Å². The Hall–Kier alpha value is -2.12. The molecule has 0 radical (unpaired) electrons. The van der Waals surface area contributed by atoms with E-state index in [0.717, 1.165) is 50.3 Å². The van der Waals surface area contributed by atoms with Crippen LogP contribution in [0.1, 0.15) is 53.5 Å². The number of hydrogen-bond donors (Lipinski definition) is 1. The van der Waals surface area contributed by atoms with Crippen molar-refractivity contribution in [2.45, 2.75) is 63.8 Å². The minimum atomic E-state index is -0.173. The fourth-order valence-electron chi connectivity index (χ4n) is 4.61. The van der Waals surface area contributed by atoms with Crippen LogP contribution in [-0.2, 0) is 11.3 Å². The van der Waals surface area contributed by atoms with Crippen LogP contribution in [0, 0.1) is 13.8 Å². The first kappa shape index (κ1) is 18.3. The summed E-state index contributed by atoms with van der Waals surface area (Å²) in [5, 5.41) is 6.94. The number of fused-ring (bicyclic) bond motifs is 1. The maximum Gasteiger partial charge on any atom is 0.273 e. The van der Waals surface area contributed by atoms with E-state index in [1.807, 2.05) is 26.2 Å². The molecule has 0 spiro atoms. The van der Waals surface area contributed by atoms with Gasteiger partial charge in [0.25, 0.3) is 5.91 Å². The molecule has 1 N–H and O–H groups in total. The van der Waals surface area contributed by atoms with Crippen molar-refractivity contribution < 1.29 is 18.5 Å². The first-order chi connectivity index (χ1) is 13.0. The molecule has 1 amide bonds. The molecule has 1 saturated carbocycles. The molecule has 27 heavy (non-hydrogen) atoms. The topological polar surface area (TPSA) is 80.7 Å². The van der Waals surface area contributed by atoms with Gasteiger partial charge in [-0.1, -0.05) is 5.16 Å². The number of carbonyl (C=O) groups excluding carboxylic acids is 1. The fourth-order valence-corrected chi connectivity index (χ4v) is 4.61. The zero-order chi connectivity index (χ0) is 19.0. The van der Waals surface area contributed by atoms with Crippen molar-refractivity contribution in [3.8, 4) is 0 Å². The van der Waals surface area contributed by atoms with Crippen LogP contribution < -0.4 is 5.32 Å². The Labute approximate surface area is 159 Å². The summed E-state index contributed by atoms with van der Waals surface area (Å²) in [6.45, 7) is 5.49. The van der Waals surface area contributed by atoms with E-state index < -0.39 is 0 Å². The van der Waals surface area contributed by atoms with Crippen LogP contribution in [0.15, 0.2) is 27.1 Å². The molecule has 146 valence electrons. The Morgan fingerprint density at radius 1 is 1.37 bits per heavy atom. The highest BCUT2D eigenvalue weighted by atomic mass is 16.5. The minimum Gasteiger partial charge on any atom is -0.465 e. The summed E-state index contributed by atoms with van der Waals surface area (Å²) in [6.07, 6.45) is 3.71. The molecule has 2 aliphatic rings. The van der Waals surface area contributed by atoms with Crippen LogP contribution >= 0.6 is 0 Å². The van der Waals surface area contributed by atoms with Crippen molar-refractivity contribution in [3.63, 3.8) is 0 Å². The summed E-state index contributed by atoms with van der Waals surface area (Å²) in [5.74, 6) is 2.37. The molecule has 1 aliphatic carbocycles. The highest BCUT2D eigenvalue weighted by Gasteiger charge is 2.51. The summed E-state index contributed by atoms with van der Waals surface area (Å²) in [5.41, 5.74) is 0.207. The predicted octanol–water partition coefficient (Wildman–Crippen LogP) is 2.83. The molecule has 4 rings (SSSR count). The van der Waals surface area contributed by atoms with E-state index in [9.17, 15) is 4.79 Å². The molecule has 0 aromatic carbocycles. The molecule has 3 heterocycles. The number of methoxy groups -OCH3 is 1. The number of carbonyl (C=O) groups is 1. The summed E-state index contributed by atoms with van der Waals surface area (Å²) in [7, 11) is 1.81. The quantitative estimate of drug-likeness (QED) is 0.868. The summed E-state index contributed by atoms with van der Waals surface area (Å²) in [6, 6.07) is 6.06. The Kier molecular flexibility index (Phi) is 4.82. The van der Waals surface area contributed by atoms with Gasteiger partial charge in [0, 0.05) is 31.8 Å². The van der Waals surface area contributed by atoms with E-state index in [4.69, 9.17) is 13.7 Å². The third-order valence-electron chi connectivity index (χ3n) is 6.05. The molecular weight excluding hydrogens is 346 g/mol. The number of rotatable bonds is 5. The van der Waals surface area contributed by atoms with E-state index in [2.05, 4.69) is 15.4 Å². The number of aromatic nitrogens is 1. The fraction of sp³-hybridized carbons (Fsp3) is 0.600. The molecule has 2 aromatic heterocycles. The van der Waals surface area contributed by atoms with Crippen molar-refractivity contribution in [1.82, 2.24) is 15.4 Å². The minimum absolute atomic E-state index is 0.0988. The number of ether oxygens (including phenoxy) is 1. The van der Waals surface area contributed by atoms with E-state index in [-0.39, 0.29) is 23.6 Å². The van der Waals surface area contributed by atoms with Gasteiger partial charge in [0.15, 0.2) is 5.69 Å². The molecule has 2 aromatic rings. The van der Waals surface area contributed by atoms with Gasteiger partial charge in [-0.3, -0.25) is 9.69 Å². The number of hydrogen-bond acceptors (Lipinski definition) is 6. The van der Waals surface area contributed by atoms with Gasteiger partial charge in [0.2, 0.25) is 0 Å². The van der Waals surface area contributed by atoms with Crippen molar-refractivity contribution in [2.75, 3.05) is 13.7 Å². The molecule has 0 unspecified atom stereocenters. The third-order valence-corrected chi connectivity index (χ3v) is 6.05. The summed E-state index contributed by atoms with van der Waals surface area (Å²) < 4.78 is 16.8. The lowest BCUT2D eigenvalue weighted by Crippen LogP contribution is -2.54. The number of nitrogens with zero attached hydrogens (tertiary/aromatic N) is 2. The number of amides is 1. The smallest absolute Gasteiger partial charge is 0.273 e. The lowest BCUT2D eigenvalue weighted by atomic mass is 9.78. The number of nitrogens with one attached hydrogen (secondary N) is 1. The Balaban J connectivity index is 1.45. The van der Waals surface area contributed by atoms with Crippen LogP contribution in [-0.4, -0.2) is 47.3 Å². The normalized spacial score (nSPS) is 28.3. The SMILES string of the molecule is CO[C@@]12CC[C@@H](NC(=O)c3cc(C)on3)C[C@@H]1N(Cc1ccc(C)o1)CC2. The predicted molar refractivity (Wildman–Crippen MR) is 98.3 cm³/mol. The molecule has 0 bridgehead atoms. The van der Waals surface area contributed by atoms with Gasteiger partial charge in [-0.05, 0) is 51.7 Å². The number of likely N-dealkylation sites (tertiary alicyclic amines) is 1. The monoisotopic (exact) mass is 373 g/mol. The molecule has 2 fully saturated rings. The standard InChI is InChI=1S/C20H27N3O4/c1-13-4-5-16(26-13)12-23-9-8-20(25-3)7-6-15(11-18(20)23)21-19(24)17-10-14(2)27-22-17/h4-5,10,15,18H,6-9,11-12H2,1-3H3,(H,21,24)/t15-,18+,20-/m1/s1. The molecule has 7 heteroatoms. The van der Waals surface area contributed by atoms with Crippen LogP contribution in [0.3, 0.4) is 0 Å². The molecule has 3 atom stereocenters. The molecular formula is C20H27N3O4. The van der Waals surface area contributed by atoms with Gasteiger partial charge < -0.3 is 19.0 Å². The Morgan fingerprint density at radius 2 is 2.22 bits per heavy atom. The van der Waals surface area contributed by atoms with E-state index in [1.165, 1.54) is 0 Å². The second kappa shape index (κ2) is 7.13. The maximum absolute atomic E-state index is 12.4. The Morgan fingerprint density at radius 3 is 2.89 bits per heavy atom. The van der Waals surface area contributed by atoms with Crippen LogP contribution in [0.4, 0.5) is 0 Å². The highest BCUT2D eigenvalue weighted by molar-refractivity contribution is 5.92. The molecule has 1 aliphatic heterocycles. The van der Waals surface area contributed by atoms with Crippen molar-refractivity contribution in [3.05, 3.63) is 41.2 Å². The first-order valence-electron chi connectivity index (χ1n) is 9.58. The van der Waals surface area contributed by atoms with Gasteiger partial charge in [-0.2, -0.15) is 0 Å². The van der Waals surface area contributed by atoms with Gasteiger partial charge in [-0.15, -0.1) is 0 Å². The summed E-state index contributed by atoms with van der Waals surface area (Å²) >= 11 is 0. The second-order valence-corrected chi connectivity index (χ2v) is 7.79. The van der Waals surface area contributed by atoms with Crippen molar-refractivity contribution >= 4 is 5.91 Å². The van der Waals surface area contributed by atoms with Crippen LogP contribution in [0.2, 0.25) is 0 Å². The maximum atomic E-state index is 12.4. The van der Waals surface area contributed by atoms with E-state index >= 15 is 0 Å². The third kappa shape index (κ3) is 3.53. The molecule has 1 saturated heterocycles. The molecule has 7 nitrogen and oxygen atoms in total. The number of aryl methyl sites for hydroxylation is 2. The average Bonchev–Trinajstić information content (AvgIpc) is 3.35. The summed E-state index contributed by atoms with van der Waals surface area (Å²) in [4.78, 5) is 14.9. The zero-order valence-corrected chi connectivity index (χ0v) is 16.2. The second-order valence-electron chi connectivity index (χ2n) is 7.79. The zero-order valence-electron chi connectivity index (χ0n) is 16.2. The largest absolute Gasteiger partial charge is 0.465 e. The van der Waals surface area contributed by atoms with Gasteiger partial charge in [-0.25, -0.2) is 0 Å². The van der Waals surface area contributed by atoms with Gasteiger partial charge in [0.1, 0.15) is 17.3 Å². The van der Waals surface area contributed by atoms with E-state index in [1.54, 1.807) is 13.0 Å². The lowest BCUT2D eigenvalue weighted by molar-refractivity contribution is -0.0684. The lowest BCUT2D eigenvalue weighted by Gasteiger charge is -2.43. The van der Waals surface area contributed by atoms with Crippen LogP contribution in [0.25, 0.3) is 0 Å². The van der Waals surface area contributed by atoms with E-state index in [0.29, 0.717) is 11.5 Å². The first-order valence-corrected chi connectivity index (χ1v) is 9.58. The van der Waals surface area contributed by atoms with Gasteiger partial charge in [0.05, 0.1) is 12.1 Å².